The number of nitrogens with zero attached hydrogens (tertiary/aromatic N) is 3. The van der Waals surface area contributed by atoms with Gasteiger partial charge in [0.25, 0.3) is 5.91 Å². The van der Waals surface area contributed by atoms with Crippen LogP contribution >= 0.6 is 0 Å². The molecular weight excluding hydrogens is 340 g/mol. The van der Waals surface area contributed by atoms with Gasteiger partial charge in [0.15, 0.2) is 5.82 Å². The second-order valence-corrected chi connectivity index (χ2v) is 6.13. The minimum absolute atomic E-state index is 0.220. The number of fused-ring (bicyclic) bond motifs is 1. The van der Waals surface area contributed by atoms with Crippen LogP contribution in [-0.4, -0.2) is 27.8 Å². The highest BCUT2D eigenvalue weighted by Crippen LogP contribution is 2.26. The van der Waals surface area contributed by atoms with E-state index < -0.39 is 0 Å². The van der Waals surface area contributed by atoms with Gasteiger partial charge in [-0.1, -0.05) is 18.2 Å². The molecule has 134 valence electrons. The summed E-state index contributed by atoms with van der Waals surface area (Å²) in [5.41, 5.74) is 2.95. The number of anilines is 1. The summed E-state index contributed by atoms with van der Waals surface area (Å²) >= 11 is 0. The number of rotatable bonds is 4. The highest BCUT2D eigenvalue weighted by molar-refractivity contribution is 6.12. The van der Waals surface area contributed by atoms with E-state index in [1.165, 1.54) is 0 Å². The van der Waals surface area contributed by atoms with Crippen molar-refractivity contribution in [3.05, 3.63) is 72.4 Å². The van der Waals surface area contributed by atoms with Gasteiger partial charge >= 0.3 is 0 Å². The van der Waals surface area contributed by atoms with E-state index in [2.05, 4.69) is 10.4 Å². The molecular formula is C21H18N4O2. The van der Waals surface area contributed by atoms with Gasteiger partial charge in [-0.2, -0.15) is 5.10 Å². The number of aromatic nitrogens is 3. The third kappa shape index (κ3) is 3.37. The number of amides is 1. The van der Waals surface area contributed by atoms with Crippen LogP contribution in [0.3, 0.4) is 0 Å². The van der Waals surface area contributed by atoms with Gasteiger partial charge in [-0.05, 0) is 36.4 Å². The number of carbonyl (C=O) groups is 1. The fraction of sp³-hybridized carbons (Fsp3) is 0.0952. The molecule has 6 nitrogen and oxygen atoms in total. The Hall–Kier alpha value is -3.67. The highest BCUT2D eigenvalue weighted by atomic mass is 16.5. The summed E-state index contributed by atoms with van der Waals surface area (Å²) in [6.07, 6.45) is 1.78. The molecule has 2 aromatic heterocycles. The molecule has 0 radical (unpaired) electrons. The van der Waals surface area contributed by atoms with E-state index in [9.17, 15) is 4.79 Å². The molecule has 0 spiro atoms. The molecule has 0 saturated carbocycles. The first-order valence-corrected chi connectivity index (χ1v) is 8.49. The number of aryl methyl sites for hydroxylation is 1. The first kappa shape index (κ1) is 16.8. The van der Waals surface area contributed by atoms with Crippen molar-refractivity contribution in [3.63, 3.8) is 0 Å². The molecule has 2 heterocycles. The third-order valence-corrected chi connectivity index (χ3v) is 4.30. The molecule has 0 atom stereocenters. The smallest absolute Gasteiger partial charge is 0.257 e. The van der Waals surface area contributed by atoms with Gasteiger partial charge in [0, 0.05) is 30.3 Å². The Morgan fingerprint density at radius 1 is 1.07 bits per heavy atom. The second kappa shape index (κ2) is 6.92. The molecule has 27 heavy (non-hydrogen) atoms. The van der Waals surface area contributed by atoms with Gasteiger partial charge in [0.1, 0.15) is 5.75 Å². The number of para-hydroxylation sites is 1. The molecule has 0 unspecified atom stereocenters. The maximum absolute atomic E-state index is 12.9. The van der Waals surface area contributed by atoms with Crippen molar-refractivity contribution < 1.29 is 9.53 Å². The number of ether oxygens (including phenoxy) is 1. The van der Waals surface area contributed by atoms with Crippen LogP contribution in [0.4, 0.5) is 5.82 Å². The van der Waals surface area contributed by atoms with E-state index in [-0.39, 0.29) is 5.91 Å². The maximum atomic E-state index is 12.9. The summed E-state index contributed by atoms with van der Waals surface area (Å²) in [5, 5.41) is 7.86. The average molecular weight is 358 g/mol. The predicted molar refractivity (Wildman–Crippen MR) is 105 cm³/mol. The molecule has 4 aromatic rings. The van der Waals surface area contributed by atoms with Crippen LogP contribution in [0.25, 0.3) is 22.2 Å². The summed E-state index contributed by atoms with van der Waals surface area (Å²) in [6, 6.07) is 18.8. The lowest BCUT2D eigenvalue weighted by Gasteiger charge is -2.10. The Bertz CT molecular complexity index is 1120. The van der Waals surface area contributed by atoms with Crippen LogP contribution in [0.2, 0.25) is 0 Å². The maximum Gasteiger partial charge on any atom is 0.257 e. The van der Waals surface area contributed by atoms with Crippen LogP contribution in [0.15, 0.2) is 66.9 Å². The Labute approximate surface area is 156 Å². The Balaban J connectivity index is 1.79. The molecule has 1 N–H and O–H groups in total. The Kier molecular flexibility index (Phi) is 4.30. The van der Waals surface area contributed by atoms with Crippen LogP contribution in [-0.2, 0) is 7.05 Å². The highest BCUT2D eigenvalue weighted by Gasteiger charge is 2.15. The van der Waals surface area contributed by atoms with Crippen molar-refractivity contribution in [2.24, 2.45) is 7.05 Å². The number of methoxy groups -OCH3 is 1. The summed E-state index contributed by atoms with van der Waals surface area (Å²) in [4.78, 5) is 17.6. The summed E-state index contributed by atoms with van der Waals surface area (Å²) in [6.45, 7) is 0. The molecule has 1 amide bonds. The molecule has 0 bridgehead atoms. The fourth-order valence-electron chi connectivity index (χ4n) is 2.94. The standard InChI is InChI=1S/C21H18N4O2/c1-25-12-11-20(24-25)23-21(26)17-13-19(14-7-9-15(27-2)10-8-14)22-18-6-4-3-5-16(17)18/h3-13H,1-2H3,(H,23,24,26). The number of pyridine rings is 1. The monoisotopic (exact) mass is 358 g/mol. The van der Waals surface area contributed by atoms with Crippen molar-refractivity contribution in [2.75, 3.05) is 12.4 Å². The normalized spacial score (nSPS) is 10.7. The summed E-state index contributed by atoms with van der Waals surface area (Å²) in [5.74, 6) is 1.06. The molecule has 2 aromatic carbocycles. The minimum Gasteiger partial charge on any atom is -0.497 e. The quantitative estimate of drug-likeness (QED) is 0.601. The van der Waals surface area contributed by atoms with Gasteiger partial charge < -0.3 is 10.1 Å². The third-order valence-electron chi connectivity index (χ3n) is 4.30. The molecule has 0 aliphatic heterocycles. The van der Waals surface area contributed by atoms with Crippen LogP contribution in [0.5, 0.6) is 5.75 Å². The van der Waals surface area contributed by atoms with Crippen molar-refractivity contribution in [1.82, 2.24) is 14.8 Å². The topological polar surface area (TPSA) is 69.0 Å². The minimum atomic E-state index is -0.220. The van der Waals surface area contributed by atoms with Gasteiger partial charge in [-0.25, -0.2) is 4.98 Å². The van der Waals surface area contributed by atoms with Gasteiger partial charge in [-0.15, -0.1) is 0 Å². The van der Waals surface area contributed by atoms with Gasteiger partial charge in [-0.3, -0.25) is 9.48 Å². The van der Waals surface area contributed by atoms with Gasteiger partial charge in [0.2, 0.25) is 0 Å². The molecule has 0 fully saturated rings. The van der Waals surface area contributed by atoms with Crippen LogP contribution < -0.4 is 10.1 Å². The Morgan fingerprint density at radius 3 is 2.56 bits per heavy atom. The van der Waals surface area contributed by atoms with Crippen molar-refractivity contribution >= 4 is 22.6 Å². The zero-order valence-electron chi connectivity index (χ0n) is 15.0. The first-order chi connectivity index (χ1) is 13.1. The summed E-state index contributed by atoms with van der Waals surface area (Å²) < 4.78 is 6.85. The lowest BCUT2D eigenvalue weighted by Crippen LogP contribution is -2.13. The van der Waals surface area contributed by atoms with E-state index in [0.717, 1.165) is 27.9 Å². The van der Waals surface area contributed by atoms with Gasteiger partial charge in [0.05, 0.1) is 23.9 Å². The number of hydrogen-bond acceptors (Lipinski definition) is 4. The average Bonchev–Trinajstić information content (AvgIpc) is 3.11. The van der Waals surface area contributed by atoms with E-state index in [4.69, 9.17) is 9.72 Å². The number of nitrogens with one attached hydrogen (secondary N) is 1. The molecule has 6 heteroatoms. The predicted octanol–water partition coefficient (Wildman–Crippen LogP) is 3.90. The first-order valence-electron chi connectivity index (χ1n) is 8.49. The number of hydrogen-bond donors (Lipinski definition) is 1. The van der Waals surface area contributed by atoms with E-state index in [1.807, 2.05) is 54.6 Å². The molecule has 0 aliphatic carbocycles. The largest absolute Gasteiger partial charge is 0.497 e. The number of carbonyl (C=O) groups excluding carboxylic acids is 1. The zero-order chi connectivity index (χ0) is 18.8. The van der Waals surface area contributed by atoms with Crippen molar-refractivity contribution in [3.8, 4) is 17.0 Å². The lowest BCUT2D eigenvalue weighted by molar-refractivity contribution is 0.102. The van der Waals surface area contributed by atoms with E-state index >= 15 is 0 Å². The SMILES string of the molecule is COc1ccc(-c2cc(C(=O)Nc3ccn(C)n3)c3ccccc3n2)cc1. The molecule has 4 rings (SSSR count). The second-order valence-electron chi connectivity index (χ2n) is 6.13. The van der Waals surface area contributed by atoms with E-state index in [1.54, 1.807) is 31.1 Å². The number of benzene rings is 2. The van der Waals surface area contributed by atoms with Crippen molar-refractivity contribution in [1.29, 1.82) is 0 Å². The zero-order valence-corrected chi connectivity index (χ0v) is 15.0. The Morgan fingerprint density at radius 2 is 1.85 bits per heavy atom. The van der Waals surface area contributed by atoms with E-state index in [0.29, 0.717) is 11.4 Å². The molecule has 0 aliphatic rings. The lowest BCUT2D eigenvalue weighted by atomic mass is 10.0. The fourth-order valence-corrected chi connectivity index (χ4v) is 2.94. The summed E-state index contributed by atoms with van der Waals surface area (Å²) in [7, 11) is 3.43. The van der Waals surface area contributed by atoms with Crippen LogP contribution in [0, 0.1) is 0 Å². The van der Waals surface area contributed by atoms with Crippen molar-refractivity contribution in [2.45, 2.75) is 0 Å². The molecule has 0 saturated heterocycles. The van der Waals surface area contributed by atoms with Crippen LogP contribution in [0.1, 0.15) is 10.4 Å².